The minimum Gasteiger partial charge on any atom is -0.488 e. The van der Waals surface area contributed by atoms with E-state index in [-0.39, 0.29) is 12.4 Å². The first kappa shape index (κ1) is 14.2. The molecule has 0 N–H and O–H groups in total. The van der Waals surface area contributed by atoms with Crippen molar-refractivity contribution in [1.29, 1.82) is 0 Å². The van der Waals surface area contributed by atoms with E-state index in [1.807, 2.05) is 23.2 Å². The van der Waals surface area contributed by atoms with E-state index in [2.05, 4.69) is 0 Å². The number of Topliss-reactive ketones (excluding diaryl/α,β-unsaturated/α-hetero) is 1. The van der Waals surface area contributed by atoms with Crippen LogP contribution in [0.2, 0.25) is 0 Å². The summed E-state index contributed by atoms with van der Waals surface area (Å²) in [5.41, 5.74) is 1.24. The van der Waals surface area contributed by atoms with Gasteiger partial charge in [0.05, 0.1) is 11.1 Å². The molecule has 1 aliphatic heterocycles. The molecule has 5 heteroatoms. The van der Waals surface area contributed by atoms with Crippen molar-refractivity contribution in [2.75, 3.05) is 31.5 Å². The normalized spacial score (nSPS) is 16.1. The predicted octanol–water partition coefficient (Wildman–Crippen LogP) is 2.93. The molecule has 0 aliphatic carbocycles. The molecule has 1 aliphatic rings. The van der Waals surface area contributed by atoms with E-state index in [9.17, 15) is 4.79 Å². The highest BCUT2D eigenvalue weighted by atomic mass is 35.5. The Hall–Kier alpha value is -1.19. The number of hydrogen-bond donors (Lipinski definition) is 0. The maximum Gasteiger partial charge on any atom is 0.197 e. The van der Waals surface area contributed by atoms with Gasteiger partial charge in [-0.3, -0.25) is 4.79 Å². The number of rotatable bonds is 5. The van der Waals surface area contributed by atoms with Crippen molar-refractivity contribution < 1.29 is 9.53 Å². The molecule has 3 nitrogen and oxygen atoms in total. The average Bonchev–Trinajstić information content (AvgIpc) is 2.43. The van der Waals surface area contributed by atoms with Gasteiger partial charge < -0.3 is 9.64 Å². The molecule has 0 saturated heterocycles. The monoisotopic (exact) mass is 299 g/mol. The quantitative estimate of drug-likeness (QED) is 0.618. The van der Waals surface area contributed by atoms with Crippen LogP contribution in [0, 0.1) is 0 Å². The molecule has 0 radical (unpaired) electrons. The Bertz CT molecular complexity index is 482. The van der Waals surface area contributed by atoms with Gasteiger partial charge in [-0.25, -0.2) is 0 Å². The van der Waals surface area contributed by atoms with E-state index in [0.717, 1.165) is 0 Å². The Labute approximate surface area is 122 Å². The highest BCUT2D eigenvalue weighted by Crippen LogP contribution is 2.26. The van der Waals surface area contributed by atoms with Gasteiger partial charge in [-0.2, -0.15) is 0 Å². The fourth-order valence-electron chi connectivity index (χ4n) is 1.95. The first-order valence-corrected chi connectivity index (χ1v) is 7.16. The summed E-state index contributed by atoms with van der Waals surface area (Å²) in [5, 5.41) is 0. The SMILES string of the molecule is O=C1/C(=C\N(CCCl)CCCl)COc2ccccc21. The van der Waals surface area contributed by atoms with Crippen LogP contribution in [0.1, 0.15) is 10.4 Å². The topological polar surface area (TPSA) is 29.5 Å². The number of alkyl halides is 2. The summed E-state index contributed by atoms with van der Waals surface area (Å²) in [5.74, 6) is 1.64. The van der Waals surface area contributed by atoms with Crippen molar-refractivity contribution in [1.82, 2.24) is 4.90 Å². The van der Waals surface area contributed by atoms with E-state index in [0.29, 0.717) is 41.7 Å². The van der Waals surface area contributed by atoms with E-state index >= 15 is 0 Å². The van der Waals surface area contributed by atoms with Crippen LogP contribution < -0.4 is 4.74 Å². The lowest BCUT2D eigenvalue weighted by atomic mass is 10.0. The molecule has 0 amide bonds. The van der Waals surface area contributed by atoms with E-state index in [1.165, 1.54) is 0 Å². The number of halogens is 2. The summed E-state index contributed by atoms with van der Waals surface area (Å²) in [6.45, 7) is 1.61. The van der Waals surface area contributed by atoms with Crippen LogP contribution in [0.25, 0.3) is 0 Å². The van der Waals surface area contributed by atoms with Crippen LogP contribution in [0.3, 0.4) is 0 Å². The van der Waals surface area contributed by atoms with Crippen molar-refractivity contribution in [3.8, 4) is 5.75 Å². The molecular weight excluding hydrogens is 285 g/mol. The third kappa shape index (κ3) is 3.43. The van der Waals surface area contributed by atoms with E-state index in [1.54, 1.807) is 12.1 Å². The second-order valence-corrected chi connectivity index (χ2v) is 4.94. The lowest BCUT2D eigenvalue weighted by Crippen LogP contribution is -2.27. The Morgan fingerprint density at radius 2 is 1.89 bits per heavy atom. The minimum absolute atomic E-state index is 0.0102. The second kappa shape index (κ2) is 6.83. The largest absolute Gasteiger partial charge is 0.488 e. The zero-order valence-corrected chi connectivity index (χ0v) is 12.0. The number of carbonyl (C=O) groups excluding carboxylic acids is 1. The van der Waals surface area contributed by atoms with Crippen molar-refractivity contribution in [3.63, 3.8) is 0 Å². The highest BCUT2D eigenvalue weighted by molar-refractivity contribution is 6.18. The van der Waals surface area contributed by atoms with Gasteiger partial charge in [0.25, 0.3) is 0 Å². The molecular formula is C14H15Cl2NO2. The number of ketones is 1. The van der Waals surface area contributed by atoms with Gasteiger partial charge >= 0.3 is 0 Å². The molecule has 102 valence electrons. The third-order valence-corrected chi connectivity index (χ3v) is 3.23. The van der Waals surface area contributed by atoms with Gasteiger partial charge in [0.15, 0.2) is 5.78 Å². The molecule has 1 heterocycles. The zero-order valence-electron chi connectivity index (χ0n) is 10.4. The van der Waals surface area contributed by atoms with Crippen LogP contribution >= 0.6 is 23.2 Å². The average molecular weight is 300 g/mol. The molecule has 0 atom stereocenters. The lowest BCUT2D eigenvalue weighted by molar-refractivity contribution is 0.0996. The maximum absolute atomic E-state index is 12.3. The molecule has 19 heavy (non-hydrogen) atoms. The molecule has 0 fully saturated rings. The van der Waals surface area contributed by atoms with Crippen molar-refractivity contribution in [2.45, 2.75) is 0 Å². The summed E-state index contributed by atoms with van der Waals surface area (Å²) in [7, 11) is 0. The van der Waals surface area contributed by atoms with Gasteiger partial charge in [0.1, 0.15) is 12.4 Å². The number of hydrogen-bond acceptors (Lipinski definition) is 3. The van der Waals surface area contributed by atoms with Crippen molar-refractivity contribution in [2.24, 2.45) is 0 Å². The van der Waals surface area contributed by atoms with Gasteiger partial charge in [0.2, 0.25) is 0 Å². The summed E-state index contributed by atoms with van der Waals surface area (Å²) in [4.78, 5) is 14.3. The van der Waals surface area contributed by atoms with E-state index < -0.39 is 0 Å². The highest BCUT2D eigenvalue weighted by Gasteiger charge is 2.23. The van der Waals surface area contributed by atoms with E-state index in [4.69, 9.17) is 27.9 Å². The number of benzene rings is 1. The first-order valence-electron chi connectivity index (χ1n) is 6.09. The van der Waals surface area contributed by atoms with Gasteiger partial charge in [-0.15, -0.1) is 23.2 Å². The van der Waals surface area contributed by atoms with Crippen LogP contribution in [0.4, 0.5) is 0 Å². The number of nitrogens with zero attached hydrogens (tertiary/aromatic N) is 1. The number of para-hydroxylation sites is 1. The van der Waals surface area contributed by atoms with Crippen molar-refractivity contribution in [3.05, 3.63) is 41.6 Å². The summed E-state index contributed by atoms with van der Waals surface area (Å²) < 4.78 is 5.58. The summed E-state index contributed by atoms with van der Waals surface area (Å²) in [6, 6.07) is 7.27. The van der Waals surface area contributed by atoms with Crippen LogP contribution in [0.15, 0.2) is 36.0 Å². The molecule has 0 saturated carbocycles. The van der Waals surface area contributed by atoms with Crippen molar-refractivity contribution >= 4 is 29.0 Å². The minimum atomic E-state index is 0.0102. The number of ether oxygens (including phenoxy) is 1. The van der Waals surface area contributed by atoms with Crippen LogP contribution in [0.5, 0.6) is 5.75 Å². The smallest absolute Gasteiger partial charge is 0.197 e. The van der Waals surface area contributed by atoms with Gasteiger partial charge in [0, 0.05) is 31.0 Å². The Balaban J connectivity index is 2.20. The van der Waals surface area contributed by atoms with Crippen LogP contribution in [-0.2, 0) is 0 Å². The zero-order chi connectivity index (χ0) is 13.7. The number of fused-ring (bicyclic) bond motifs is 1. The molecule has 0 spiro atoms. The fraction of sp³-hybridized carbons (Fsp3) is 0.357. The fourth-order valence-corrected chi connectivity index (χ4v) is 2.38. The molecule has 1 aromatic rings. The van der Waals surface area contributed by atoms with Crippen LogP contribution in [-0.4, -0.2) is 42.1 Å². The summed E-state index contributed by atoms with van der Waals surface area (Å²) >= 11 is 11.5. The summed E-state index contributed by atoms with van der Waals surface area (Å²) in [6.07, 6.45) is 1.81. The third-order valence-electron chi connectivity index (χ3n) is 2.89. The molecule has 0 unspecified atom stereocenters. The lowest BCUT2D eigenvalue weighted by Gasteiger charge is -2.23. The molecule has 0 aromatic heterocycles. The Morgan fingerprint density at radius 1 is 1.21 bits per heavy atom. The second-order valence-electron chi connectivity index (χ2n) is 4.18. The maximum atomic E-state index is 12.3. The standard InChI is InChI=1S/C14H15Cl2NO2/c15-5-7-17(8-6-16)9-11-10-19-13-4-2-1-3-12(13)14(11)18/h1-4,9H,5-8,10H2/b11-9-. The Kier molecular flexibility index (Phi) is 5.11. The number of carbonyl (C=O) groups is 1. The molecule has 0 bridgehead atoms. The predicted molar refractivity (Wildman–Crippen MR) is 77.4 cm³/mol. The first-order chi connectivity index (χ1) is 9.26. The molecule has 1 aromatic carbocycles. The molecule has 2 rings (SSSR count). The van der Waals surface area contributed by atoms with Gasteiger partial charge in [-0.1, -0.05) is 12.1 Å². The van der Waals surface area contributed by atoms with Gasteiger partial charge in [-0.05, 0) is 12.1 Å². The Morgan fingerprint density at radius 3 is 2.58 bits per heavy atom.